The maximum atomic E-state index is 11.9. The van der Waals surface area contributed by atoms with Crippen LogP contribution in [0.5, 0.6) is 0 Å². The van der Waals surface area contributed by atoms with Crippen LogP contribution in [0.2, 0.25) is 0 Å². The highest BCUT2D eigenvalue weighted by atomic mass is 32.1. The Morgan fingerprint density at radius 1 is 1.35 bits per heavy atom. The van der Waals surface area contributed by atoms with Crippen molar-refractivity contribution in [3.05, 3.63) is 15.6 Å². The van der Waals surface area contributed by atoms with Gasteiger partial charge in [0.2, 0.25) is 0 Å². The zero-order chi connectivity index (χ0) is 12.7. The highest BCUT2D eigenvalue weighted by Gasteiger charge is 2.14. The maximum Gasteiger partial charge on any atom is 0.263 e. The summed E-state index contributed by atoms with van der Waals surface area (Å²) in [5, 5.41) is 7.12. The van der Waals surface area contributed by atoms with Crippen molar-refractivity contribution in [2.75, 3.05) is 19.6 Å². The summed E-state index contributed by atoms with van der Waals surface area (Å²) in [5.74, 6) is 0.000237. The van der Waals surface area contributed by atoms with E-state index in [2.05, 4.69) is 22.5 Å². The summed E-state index contributed by atoms with van der Waals surface area (Å²) in [6, 6.07) is 0. The summed E-state index contributed by atoms with van der Waals surface area (Å²) < 4.78 is 0. The molecule has 5 heteroatoms. The monoisotopic (exact) mass is 255 g/mol. The molecule has 0 fully saturated rings. The van der Waals surface area contributed by atoms with Crippen molar-refractivity contribution in [2.24, 2.45) is 0 Å². The summed E-state index contributed by atoms with van der Waals surface area (Å²) in [6.07, 6.45) is 2.02. The number of amides is 1. The lowest BCUT2D eigenvalue weighted by atomic mass is 10.3. The van der Waals surface area contributed by atoms with E-state index in [0.717, 1.165) is 41.5 Å². The number of aromatic nitrogens is 1. The van der Waals surface area contributed by atoms with Crippen LogP contribution in [0.15, 0.2) is 0 Å². The van der Waals surface area contributed by atoms with E-state index in [1.807, 2.05) is 13.8 Å². The average Bonchev–Trinajstić information content (AvgIpc) is 2.66. The zero-order valence-electron chi connectivity index (χ0n) is 10.8. The minimum Gasteiger partial charge on any atom is -0.350 e. The normalized spacial score (nSPS) is 10.5. The number of nitrogens with zero attached hydrogens (tertiary/aromatic N) is 1. The van der Waals surface area contributed by atoms with Gasteiger partial charge in [0.1, 0.15) is 4.88 Å². The van der Waals surface area contributed by atoms with Crippen molar-refractivity contribution in [1.29, 1.82) is 0 Å². The summed E-state index contributed by atoms with van der Waals surface area (Å²) >= 11 is 1.51. The molecule has 0 aromatic carbocycles. The fourth-order valence-corrected chi connectivity index (χ4v) is 2.59. The largest absolute Gasteiger partial charge is 0.350 e. The molecular formula is C12H21N3OS. The van der Waals surface area contributed by atoms with E-state index >= 15 is 0 Å². The van der Waals surface area contributed by atoms with Crippen molar-refractivity contribution in [2.45, 2.75) is 33.6 Å². The first kappa shape index (κ1) is 14.1. The Hall–Kier alpha value is -0.940. The van der Waals surface area contributed by atoms with E-state index in [1.165, 1.54) is 11.3 Å². The molecule has 1 heterocycles. The van der Waals surface area contributed by atoms with Gasteiger partial charge in [-0.15, -0.1) is 11.3 Å². The number of carbonyl (C=O) groups excluding carboxylic acids is 1. The number of thiazole rings is 1. The van der Waals surface area contributed by atoms with Crippen LogP contribution < -0.4 is 10.6 Å². The number of hydrogen-bond acceptors (Lipinski definition) is 4. The lowest BCUT2D eigenvalue weighted by Gasteiger charge is -2.03. The van der Waals surface area contributed by atoms with Crippen LogP contribution in [-0.4, -0.2) is 30.5 Å². The van der Waals surface area contributed by atoms with Crippen molar-refractivity contribution >= 4 is 17.2 Å². The van der Waals surface area contributed by atoms with Crippen molar-refractivity contribution in [3.8, 4) is 0 Å². The molecule has 0 bridgehead atoms. The van der Waals surface area contributed by atoms with Crippen LogP contribution >= 0.6 is 11.3 Å². The highest BCUT2D eigenvalue weighted by Crippen LogP contribution is 2.18. The van der Waals surface area contributed by atoms with Crippen LogP contribution in [-0.2, 0) is 6.42 Å². The third-order valence-electron chi connectivity index (χ3n) is 2.35. The Morgan fingerprint density at radius 3 is 2.76 bits per heavy atom. The summed E-state index contributed by atoms with van der Waals surface area (Å²) in [7, 11) is 0. The molecule has 1 amide bonds. The SMILES string of the molecule is CCCc1nc(C)c(C(=O)NCCNCC)s1. The number of rotatable bonds is 7. The topological polar surface area (TPSA) is 54.0 Å². The predicted octanol–water partition coefficient (Wildman–Crippen LogP) is 1.74. The standard InChI is InChI=1S/C12H21N3OS/c1-4-6-10-15-9(3)11(17-10)12(16)14-8-7-13-5-2/h13H,4-8H2,1-3H3,(H,14,16). The highest BCUT2D eigenvalue weighted by molar-refractivity contribution is 7.13. The molecule has 1 aromatic heterocycles. The Morgan fingerprint density at radius 2 is 2.12 bits per heavy atom. The van der Waals surface area contributed by atoms with Gasteiger partial charge in [-0.1, -0.05) is 13.8 Å². The third-order valence-corrected chi connectivity index (χ3v) is 3.56. The van der Waals surface area contributed by atoms with Crippen molar-refractivity contribution in [1.82, 2.24) is 15.6 Å². The van der Waals surface area contributed by atoms with Gasteiger partial charge in [0.05, 0.1) is 10.7 Å². The van der Waals surface area contributed by atoms with Gasteiger partial charge in [0.25, 0.3) is 5.91 Å². The van der Waals surface area contributed by atoms with E-state index in [-0.39, 0.29) is 5.91 Å². The molecule has 1 rings (SSSR count). The number of nitrogens with one attached hydrogen (secondary N) is 2. The van der Waals surface area contributed by atoms with Crippen LogP contribution in [0.25, 0.3) is 0 Å². The van der Waals surface area contributed by atoms with Crippen molar-refractivity contribution < 1.29 is 4.79 Å². The number of carbonyl (C=O) groups is 1. The maximum absolute atomic E-state index is 11.9. The molecule has 0 aliphatic rings. The molecule has 0 spiro atoms. The predicted molar refractivity (Wildman–Crippen MR) is 71.7 cm³/mol. The Bertz CT molecular complexity index is 363. The van der Waals surface area contributed by atoms with E-state index in [9.17, 15) is 4.79 Å². The third kappa shape index (κ3) is 4.44. The second kappa shape index (κ2) is 7.40. The molecule has 0 atom stereocenters. The molecule has 0 saturated carbocycles. The first-order valence-electron chi connectivity index (χ1n) is 6.14. The molecule has 1 aromatic rings. The van der Waals surface area contributed by atoms with E-state index < -0.39 is 0 Å². The van der Waals surface area contributed by atoms with Crippen LogP contribution in [0.3, 0.4) is 0 Å². The van der Waals surface area contributed by atoms with E-state index in [0.29, 0.717) is 6.54 Å². The second-order valence-corrected chi connectivity index (χ2v) is 4.97. The fraction of sp³-hybridized carbons (Fsp3) is 0.667. The molecule has 17 heavy (non-hydrogen) atoms. The molecule has 0 unspecified atom stereocenters. The molecule has 0 aliphatic heterocycles. The molecule has 0 aliphatic carbocycles. The van der Waals surface area contributed by atoms with Gasteiger partial charge in [-0.2, -0.15) is 0 Å². The van der Waals surface area contributed by atoms with E-state index in [1.54, 1.807) is 0 Å². The summed E-state index contributed by atoms with van der Waals surface area (Å²) in [4.78, 5) is 17.0. The minimum atomic E-state index is 0.000237. The fourth-order valence-electron chi connectivity index (χ4n) is 1.51. The van der Waals surface area contributed by atoms with Crippen molar-refractivity contribution in [3.63, 3.8) is 0 Å². The zero-order valence-corrected chi connectivity index (χ0v) is 11.6. The summed E-state index contributed by atoms with van der Waals surface area (Å²) in [6.45, 7) is 8.46. The number of aryl methyl sites for hydroxylation is 2. The van der Waals surface area contributed by atoms with Crippen LogP contribution in [0.1, 0.15) is 40.6 Å². The van der Waals surface area contributed by atoms with Gasteiger partial charge in [-0.05, 0) is 26.3 Å². The smallest absolute Gasteiger partial charge is 0.263 e. The van der Waals surface area contributed by atoms with Gasteiger partial charge in [0.15, 0.2) is 0 Å². The van der Waals surface area contributed by atoms with Gasteiger partial charge in [0, 0.05) is 13.1 Å². The van der Waals surface area contributed by atoms with Crippen LogP contribution in [0, 0.1) is 6.92 Å². The number of likely N-dealkylation sites (N-methyl/N-ethyl adjacent to an activating group) is 1. The van der Waals surface area contributed by atoms with Gasteiger partial charge >= 0.3 is 0 Å². The Labute approximate surface area is 107 Å². The first-order valence-corrected chi connectivity index (χ1v) is 6.95. The Balaban J connectivity index is 2.50. The first-order chi connectivity index (χ1) is 8.19. The molecule has 2 N–H and O–H groups in total. The number of hydrogen-bond donors (Lipinski definition) is 2. The van der Waals surface area contributed by atoms with Gasteiger partial charge < -0.3 is 10.6 Å². The average molecular weight is 255 g/mol. The quantitative estimate of drug-likeness (QED) is 0.730. The lowest BCUT2D eigenvalue weighted by Crippen LogP contribution is -2.31. The van der Waals surface area contributed by atoms with Crippen LogP contribution in [0.4, 0.5) is 0 Å². The van der Waals surface area contributed by atoms with E-state index in [4.69, 9.17) is 0 Å². The lowest BCUT2D eigenvalue weighted by molar-refractivity contribution is 0.0957. The molecule has 0 radical (unpaired) electrons. The Kier molecular flexibility index (Phi) is 6.15. The summed E-state index contributed by atoms with van der Waals surface area (Å²) in [5.41, 5.74) is 0.847. The molecule has 96 valence electrons. The van der Waals surface area contributed by atoms with Gasteiger partial charge in [-0.25, -0.2) is 4.98 Å². The van der Waals surface area contributed by atoms with Gasteiger partial charge in [-0.3, -0.25) is 4.79 Å². The molecule has 4 nitrogen and oxygen atoms in total. The molecule has 0 saturated heterocycles. The minimum absolute atomic E-state index is 0.000237. The second-order valence-electron chi connectivity index (χ2n) is 3.88. The molecular weight excluding hydrogens is 234 g/mol.